The quantitative estimate of drug-likeness (QED) is 0.847. The lowest BCUT2D eigenvalue weighted by Gasteiger charge is -2.31. The van der Waals surface area contributed by atoms with Crippen molar-refractivity contribution in [3.8, 4) is 0 Å². The normalized spacial score (nSPS) is 25.4. The zero-order valence-corrected chi connectivity index (χ0v) is 11.0. The van der Waals surface area contributed by atoms with Gasteiger partial charge in [0.25, 0.3) is 0 Å². The number of thioether (sulfide) groups is 1. The van der Waals surface area contributed by atoms with Crippen molar-refractivity contribution in [2.24, 2.45) is 0 Å². The predicted octanol–water partition coefficient (Wildman–Crippen LogP) is 4.08. The second kappa shape index (κ2) is 5.62. The van der Waals surface area contributed by atoms with Gasteiger partial charge in [-0.15, -0.1) is 0 Å². The molecule has 1 fully saturated rings. The maximum absolute atomic E-state index is 3.70. The number of aryl methyl sites for hydroxylation is 1. The van der Waals surface area contributed by atoms with Crippen molar-refractivity contribution in [3.05, 3.63) is 29.8 Å². The molecule has 2 unspecified atom stereocenters. The molecule has 1 aliphatic carbocycles. The molecule has 0 amide bonds. The average molecular weight is 235 g/mol. The zero-order valence-electron chi connectivity index (χ0n) is 10.2. The van der Waals surface area contributed by atoms with Gasteiger partial charge in [-0.3, -0.25) is 0 Å². The van der Waals surface area contributed by atoms with Crippen molar-refractivity contribution < 1.29 is 0 Å². The standard InChI is InChI=1S/C14H21NS/c1-11-6-5-7-12(10-11)15-13-8-3-4-9-14(13)16-2/h5-7,10,13-15H,3-4,8-9H2,1-2H3. The number of nitrogens with one attached hydrogen (secondary N) is 1. The van der Waals surface area contributed by atoms with Crippen LogP contribution in [0.25, 0.3) is 0 Å². The van der Waals surface area contributed by atoms with Gasteiger partial charge in [-0.1, -0.05) is 25.0 Å². The Morgan fingerprint density at radius 2 is 2.06 bits per heavy atom. The molecule has 1 nitrogen and oxygen atoms in total. The molecule has 2 heteroatoms. The molecule has 1 saturated carbocycles. The van der Waals surface area contributed by atoms with Gasteiger partial charge < -0.3 is 5.32 Å². The Morgan fingerprint density at radius 3 is 2.81 bits per heavy atom. The van der Waals surface area contributed by atoms with Crippen molar-refractivity contribution in [3.63, 3.8) is 0 Å². The van der Waals surface area contributed by atoms with E-state index < -0.39 is 0 Å². The Labute approximate surface area is 103 Å². The highest BCUT2D eigenvalue weighted by molar-refractivity contribution is 7.99. The van der Waals surface area contributed by atoms with E-state index in [1.807, 2.05) is 11.8 Å². The Balaban J connectivity index is 2.02. The van der Waals surface area contributed by atoms with Crippen molar-refractivity contribution in [1.82, 2.24) is 0 Å². The molecule has 1 N–H and O–H groups in total. The first-order chi connectivity index (χ1) is 7.79. The van der Waals surface area contributed by atoms with Crippen LogP contribution in [0.5, 0.6) is 0 Å². The summed E-state index contributed by atoms with van der Waals surface area (Å²) in [6, 6.07) is 9.36. The summed E-state index contributed by atoms with van der Waals surface area (Å²) in [7, 11) is 0. The van der Waals surface area contributed by atoms with Crippen LogP contribution in [0.1, 0.15) is 31.2 Å². The van der Waals surface area contributed by atoms with Gasteiger partial charge >= 0.3 is 0 Å². The van der Waals surface area contributed by atoms with E-state index >= 15 is 0 Å². The van der Waals surface area contributed by atoms with Gasteiger partial charge in [0.05, 0.1) is 0 Å². The van der Waals surface area contributed by atoms with E-state index in [0.717, 1.165) is 5.25 Å². The number of anilines is 1. The largest absolute Gasteiger partial charge is 0.381 e. The molecule has 0 saturated heterocycles. The highest BCUT2D eigenvalue weighted by Crippen LogP contribution is 2.29. The Kier molecular flexibility index (Phi) is 4.16. The van der Waals surface area contributed by atoms with Gasteiger partial charge in [-0.05, 0) is 43.7 Å². The topological polar surface area (TPSA) is 12.0 Å². The molecule has 0 heterocycles. The second-order valence-corrected chi connectivity index (χ2v) is 5.76. The fraction of sp³-hybridized carbons (Fsp3) is 0.571. The molecule has 1 aromatic carbocycles. The van der Waals surface area contributed by atoms with Crippen molar-refractivity contribution in [2.45, 2.75) is 43.9 Å². The third kappa shape index (κ3) is 2.94. The van der Waals surface area contributed by atoms with Gasteiger partial charge in [-0.2, -0.15) is 11.8 Å². The zero-order chi connectivity index (χ0) is 11.4. The molecular formula is C14H21NS. The highest BCUT2D eigenvalue weighted by atomic mass is 32.2. The van der Waals surface area contributed by atoms with Crippen LogP contribution in [0.3, 0.4) is 0 Å². The Morgan fingerprint density at radius 1 is 1.25 bits per heavy atom. The summed E-state index contributed by atoms with van der Waals surface area (Å²) in [5.74, 6) is 0. The van der Waals surface area contributed by atoms with E-state index in [1.54, 1.807) is 0 Å². The lowest BCUT2D eigenvalue weighted by atomic mass is 9.94. The molecule has 0 aromatic heterocycles. The summed E-state index contributed by atoms with van der Waals surface area (Å²) >= 11 is 2.01. The molecule has 0 spiro atoms. The van der Waals surface area contributed by atoms with E-state index in [4.69, 9.17) is 0 Å². The van der Waals surface area contributed by atoms with E-state index in [2.05, 4.69) is 42.8 Å². The monoisotopic (exact) mass is 235 g/mol. The summed E-state index contributed by atoms with van der Waals surface area (Å²) in [5.41, 5.74) is 2.62. The highest BCUT2D eigenvalue weighted by Gasteiger charge is 2.23. The molecular weight excluding hydrogens is 214 g/mol. The Hall–Kier alpha value is -0.630. The molecule has 0 bridgehead atoms. The average Bonchev–Trinajstić information content (AvgIpc) is 2.30. The van der Waals surface area contributed by atoms with Crippen molar-refractivity contribution in [1.29, 1.82) is 0 Å². The van der Waals surface area contributed by atoms with Crippen molar-refractivity contribution in [2.75, 3.05) is 11.6 Å². The first kappa shape index (κ1) is 11.8. The first-order valence-electron chi connectivity index (χ1n) is 6.15. The van der Waals surface area contributed by atoms with Gasteiger partial charge in [-0.25, -0.2) is 0 Å². The maximum atomic E-state index is 3.70. The van der Waals surface area contributed by atoms with Crippen LogP contribution in [-0.4, -0.2) is 17.5 Å². The summed E-state index contributed by atoms with van der Waals surface area (Å²) in [6.07, 6.45) is 7.70. The van der Waals surface area contributed by atoms with Gasteiger partial charge in [0, 0.05) is 17.0 Å². The minimum Gasteiger partial charge on any atom is -0.381 e. The third-order valence-corrected chi connectivity index (χ3v) is 4.55. The predicted molar refractivity (Wildman–Crippen MR) is 74.4 cm³/mol. The van der Waals surface area contributed by atoms with Crippen LogP contribution in [0.4, 0.5) is 5.69 Å². The van der Waals surface area contributed by atoms with E-state index in [9.17, 15) is 0 Å². The summed E-state index contributed by atoms with van der Waals surface area (Å²) in [5, 5.41) is 4.49. The molecule has 1 aromatic rings. The maximum Gasteiger partial charge on any atom is 0.0379 e. The van der Waals surface area contributed by atoms with Crippen LogP contribution in [0, 0.1) is 6.92 Å². The molecule has 0 radical (unpaired) electrons. The number of hydrogen-bond acceptors (Lipinski definition) is 2. The van der Waals surface area contributed by atoms with Crippen LogP contribution in [-0.2, 0) is 0 Å². The minimum absolute atomic E-state index is 0.658. The van der Waals surface area contributed by atoms with Crippen LogP contribution in [0.15, 0.2) is 24.3 Å². The molecule has 1 aliphatic rings. The third-order valence-electron chi connectivity index (χ3n) is 3.38. The second-order valence-electron chi connectivity index (χ2n) is 4.68. The van der Waals surface area contributed by atoms with Crippen LogP contribution in [0.2, 0.25) is 0 Å². The first-order valence-corrected chi connectivity index (χ1v) is 7.44. The molecule has 0 aliphatic heterocycles. The molecule has 2 atom stereocenters. The number of hydrogen-bond donors (Lipinski definition) is 1. The lowest BCUT2D eigenvalue weighted by molar-refractivity contribution is 0.475. The van der Waals surface area contributed by atoms with E-state index in [0.29, 0.717) is 6.04 Å². The number of rotatable bonds is 3. The lowest BCUT2D eigenvalue weighted by Crippen LogP contribution is -2.34. The summed E-state index contributed by atoms with van der Waals surface area (Å²) < 4.78 is 0. The van der Waals surface area contributed by atoms with Gasteiger partial charge in [0.2, 0.25) is 0 Å². The fourth-order valence-corrected chi connectivity index (χ4v) is 3.43. The number of benzene rings is 1. The van der Waals surface area contributed by atoms with Crippen LogP contribution >= 0.6 is 11.8 Å². The van der Waals surface area contributed by atoms with Gasteiger partial charge in [0.15, 0.2) is 0 Å². The molecule has 2 rings (SSSR count). The minimum atomic E-state index is 0.658. The SMILES string of the molecule is CSC1CCCCC1Nc1cccc(C)c1. The molecule has 88 valence electrons. The van der Waals surface area contributed by atoms with E-state index in [-0.39, 0.29) is 0 Å². The van der Waals surface area contributed by atoms with Gasteiger partial charge in [0.1, 0.15) is 0 Å². The fourth-order valence-electron chi connectivity index (χ4n) is 2.49. The van der Waals surface area contributed by atoms with E-state index in [1.165, 1.54) is 36.9 Å². The van der Waals surface area contributed by atoms with Crippen molar-refractivity contribution >= 4 is 17.4 Å². The molecule has 16 heavy (non-hydrogen) atoms. The summed E-state index contributed by atoms with van der Waals surface area (Å²) in [6.45, 7) is 2.15. The summed E-state index contributed by atoms with van der Waals surface area (Å²) in [4.78, 5) is 0. The smallest absolute Gasteiger partial charge is 0.0379 e. The van der Waals surface area contributed by atoms with Crippen LogP contribution < -0.4 is 5.32 Å². The Bertz CT molecular complexity index is 337.